The molecule has 0 radical (unpaired) electrons. The summed E-state index contributed by atoms with van der Waals surface area (Å²) in [5.74, 6) is 0. The summed E-state index contributed by atoms with van der Waals surface area (Å²) in [6.07, 6.45) is 0. The van der Waals surface area contributed by atoms with Crippen molar-refractivity contribution in [3.8, 4) is 0 Å². The number of sulfonamides is 1. The number of benzene rings is 2. The first-order valence-corrected chi connectivity index (χ1v) is 7.81. The second-order valence-electron chi connectivity index (χ2n) is 4.59. The minimum Gasteiger partial charge on any atom is -0.399 e. The van der Waals surface area contributed by atoms with Crippen molar-refractivity contribution in [1.82, 2.24) is 0 Å². The van der Waals surface area contributed by atoms with Gasteiger partial charge >= 0.3 is 0 Å². The monoisotopic (exact) mass is 310 g/mol. The molecule has 2 rings (SSSR count). The maximum atomic E-state index is 12.3. The zero-order valence-corrected chi connectivity index (χ0v) is 12.7. The quantitative estimate of drug-likeness (QED) is 0.854. The summed E-state index contributed by atoms with van der Waals surface area (Å²) in [5.41, 5.74) is 8.44. The van der Waals surface area contributed by atoms with Crippen molar-refractivity contribution in [2.75, 3.05) is 10.5 Å². The molecule has 0 saturated carbocycles. The van der Waals surface area contributed by atoms with Crippen molar-refractivity contribution in [1.29, 1.82) is 0 Å². The molecule has 6 heteroatoms. The number of hydrogen-bond acceptors (Lipinski definition) is 3. The molecule has 4 nitrogen and oxygen atoms in total. The zero-order valence-electron chi connectivity index (χ0n) is 11.1. The molecule has 0 aromatic heterocycles. The van der Waals surface area contributed by atoms with Crippen LogP contribution in [0.5, 0.6) is 0 Å². The molecule has 2 aromatic carbocycles. The summed E-state index contributed by atoms with van der Waals surface area (Å²) in [6.45, 7) is 3.62. The molecule has 0 unspecified atom stereocenters. The molecular formula is C14H15ClN2O2S. The fraction of sp³-hybridized carbons (Fsp3) is 0.143. The molecule has 0 amide bonds. The van der Waals surface area contributed by atoms with Crippen molar-refractivity contribution >= 4 is 33.0 Å². The highest BCUT2D eigenvalue weighted by Crippen LogP contribution is 2.26. The minimum absolute atomic E-state index is 0.164. The second kappa shape index (κ2) is 5.34. The van der Waals surface area contributed by atoms with Crippen molar-refractivity contribution in [2.24, 2.45) is 0 Å². The average molecular weight is 311 g/mol. The van der Waals surface area contributed by atoms with E-state index in [-0.39, 0.29) is 4.90 Å². The van der Waals surface area contributed by atoms with Gasteiger partial charge in [-0.2, -0.15) is 0 Å². The third kappa shape index (κ3) is 3.05. The van der Waals surface area contributed by atoms with Gasteiger partial charge in [0.05, 0.1) is 10.6 Å². The number of anilines is 2. The number of nitrogens with two attached hydrogens (primary N) is 1. The summed E-state index contributed by atoms with van der Waals surface area (Å²) in [5, 5.41) is 0.490. The fourth-order valence-electron chi connectivity index (χ4n) is 1.97. The average Bonchev–Trinajstić information content (AvgIpc) is 2.34. The van der Waals surface area contributed by atoms with Crippen LogP contribution in [0.15, 0.2) is 41.3 Å². The van der Waals surface area contributed by atoms with Gasteiger partial charge in [0.1, 0.15) is 0 Å². The van der Waals surface area contributed by atoms with E-state index in [1.807, 2.05) is 13.8 Å². The number of halogens is 1. The standard InChI is InChI=1S/C14H15ClN2O2S/c1-9-7-12(16)8-10(2)14(9)17-20(18,19)13-5-3-11(15)4-6-13/h3-8,17H,16H2,1-2H3. The van der Waals surface area contributed by atoms with E-state index in [0.29, 0.717) is 16.4 Å². The number of hydrogen-bond donors (Lipinski definition) is 2. The topological polar surface area (TPSA) is 72.2 Å². The lowest BCUT2D eigenvalue weighted by Crippen LogP contribution is -2.14. The van der Waals surface area contributed by atoms with Crippen molar-refractivity contribution in [2.45, 2.75) is 18.7 Å². The van der Waals surface area contributed by atoms with E-state index >= 15 is 0 Å². The van der Waals surface area contributed by atoms with Gasteiger partial charge in [0.15, 0.2) is 0 Å². The van der Waals surface area contributed by atoms with E-state index in [2.05, 4.69) is 4.72 Å². The van der Waals surface area contributed by atoms with Crippen molar-refractivity contribution in [3.05, 3.63) is 52.5 Å². The summed E-state index contributed by atoms with van der Waals surface area (Å²) in [7, 11) is -3.64. The van der Waals surface area contributed by atoms with Gasteiger partial charge in [0.25, 0.3) is 10.0 Å². The molecule has 0 fully saturated rings. The highest BCUT2D eigenvalue weighted by molar-refractivity contribution is 7.92. The van der Waals surface area contributed by atoms with Crippen molar-refractivity contribution < 1.29 is 8.42 Å². The predicted molar refractivity (Wildman–Crippen MR) is 82.6 cm³/mol. The lowest BCUT2D eigenvalue weighted by Gasteiger charge is -2.14. The second-order valence-corrected chi connectivity index (χ2v) is 6.71. The maximum Gasteiger partial charge on any atom is 0.261 e. The molecule has 0 bridgehead atoms. The molecular weight excluding hydrogens is 296 g/mol. The maximum absolute atomic E-state index is 12.3. The van der Waals surface area contributed by atoms with Crippen LogP contribution in [0.3, 0.4) is 0 Å². The Morgan fingerprint density at radius 1 is 1.05 bits per heavy atom. The summed E-state index contributed by atoms with van der Waals surface area (Å²) >= 11 is 5.76. The number of rotatable bonds is 3. The summed E-state index contributed by atoms with van der Waals surface area (Å²) in [4.78, 5) is 0.164. The van der Waals surface area contributed by atoms with E-state index < -0.39 is 10.0 Å². The van der Waals surface area contributed by atoms with Crippen LogP contribution in [-0.4, -0.2) is 8.42 Å². The molecule has 0 spiro atoms. The number of nitrogen functional groups attached to an aromatic ring is 1. The lowest BCUT2D eigenvalue weighted by molar-refractivity contribution is 0.601. The molecule has 0 aliphatic heterocycles. The van der Waals surface area contributed by atoms with Crippen LogP contribution in [0.25, 0.3) is 0 Å². The van der Waals surface area contributed by atoms with Gasteiger partial charge in [-0.15, -0.1) is 0 Å². The molecule has 0 atom stereocenters. The predicted octanol–water partition coefficient (Wildman–Crippen LogP) is 3.34. The SMILES string of the molecule is Cc1cc(N)cc(C)c1NS(=O)(=O)c1ccc(Cl)cc1. The Labute approximate surface area is 123 Å². The smallest absolute Gasteiger partial charge is 0.261 e. The molecule has 2 aromatic rings. The fourth-order valence-corrected chi connectivity index (χ4v) is 3.29. The third-order valence-electron chi connectivity index (χ3n) is 2.92. The Morgan fingerprint density at radius 3 is 2.05 bits per heavy atom. The van der Waals surface area contributed by atoms with Crippen LogP contribution in [-0.2, 0) is 10.0 Å². The molecule has 0 aliphatic rings. The first kappa shape index (κ1) is 14.7. The Morgan fingerprint density at radius 2 is 1.55 bits per heavy atom. The molecule has 0 saturated heterocycles. The van der Waals surface area contributed by atoms with E-state index in [9.17, 15) is 8.42 Å². The Kier molecular flexibility index (Phi) is 3.92. The highest BCUT2D eigenvalue weighted by atomic mass is 35.5. The zero-order chi connectivity index (χ0) is 14.9. The first-order chi connectivity index (χ1) is 9.29. The van der Waals surface area contributed by atoms with Gasteiger partial charge in [0, 0.05) is 10.7 Å². The van der Waals surface area contributed by atoms with Crippen LogP contribution in [0.2, 0.25) is 5.02 Å². The molecule has 0 aliphatic carbocycles. The van der Waals surface area contributed by atoms with Gasteiger partial charge < -0.3 is 5.73 Å². The third-order valence-corrected chi connectivity index (χ3v) is 4.53. The lowest BCUT2D eigenvalue weighted by atomic mass is 10.1. The van der Waals surface area contributed by atoms with Gasteiger partial charge in [-0.05, 0) is 61.4 Å². The van der Waals surface area contributed by atoms with E-state index in [4.69, 9.17) is 17.3 Å². The number of aryl methyl sites for hydroxylation is 2. The first-order valence-electron chi connectivity index (χ1n) is 5.95. The molecule has 106 valence electrons. The normalized spacial score (nSPS) is 11.3. The molecule has 3 N–H and O–H groups in total. The summed E-state index contributed by atoms with van der Waals surface area (Å²) < 4.78 is 27.2. The Balaban J connectivity index is 2.41. The summed E-state index contributed by atoms with van der Waals surface area (Å²) in [6, 6.07) is 9.47. The van der Waals surface area contributed by atoms with E-state index in [1.54, 1.807) is 24.3 Å². The van der Waals surface area contributed by atoms with Gasteiger partial charge in [-0.3, -0.25) is 4.72 Å². The van der Waals surface area contributed by atoms with E-state index in [0.717, 1.165) is 11.1 Å². The van der Waals surface area contributed by atoms with E-state index in [1.165, 1.54) is 12.1 Å². The van der Waals surface area contributed by atoms with Crippen LogP contribution in [0.1, 0.15) is 11.1 Å². The van der Waals surface area contributed by atoms with Gasteiger partial charge in [0.2, 0.25) is 0 Å². The van der Waals surface area contributed by atoms with Crippen LogP contribution >= 0.6 is 11.6 Å². The Bertz CT molecular complexity index is 717. The van der Waals surface area contributed by atoms with Crippen molar-refractivity contribution in [3.63, 3.8) is 0 Å². The van der Waals surface area contributed by atoms with Crippen LogP contribution in [0, 0.1) is 13.8 Å². The molecule has 20 heavy (non-hydrogen) atoms. The largest absolute Gasteiger partial charge is 0.399 e. The Hall–Kier alpha value is -1.72. The van der Waals surface area contributed by atoms with Gasteiger partial charge in [-0.1, -0.05) is 11.6 Å². The minimum atomic E-state index is -3.64. The highest BCUT2D eigenvalue weighted by Gasteiger charge is 2.16. The van der Waals surface area contributed by atoms with Crippen LogP contribution < -0.4 is 10.5 Å². The van der Waals surface area contributed by atoms with Gasteiger partial charge in [-0.25, -0.2) is 8.42 Å². The number of nitrogens with one attached hydrogen (secondary N) is 1. The van der Waals surface area contributed by atoms with Crippen LogP contribution in [0.4, 0.5) is 11.4 Å². The molecule has 0 heterocycles.